The zero-order valence-electron chi connectivity index (χ0n) is 20.9. The minimum Gasteiger partial charge on any atom is -0.494 e. The number of carbonyl (C=O) groups is 3. The Morgan fingerprint density at radius 3 is 2.50 bits per heavy atom. The average molecular weight is 500 g/mol. The molecule has 1 aliphatic rings. The zero-order chi connectivity index (χ0) is 25.8. The monoisotopic (exact) mass is 499 g/mol. The molecule has 196 valence electrons. The quantitative estimate of drug-likeness (QED) is 0.269. The number of rotatable bonds is 14. The van der Waals surface area contributed by atoms with E-state index in [0.29, 0.717) is 31.8 Å². The number of carboxylic acid groups (broad SMARTS) is 1. The average Bonchev–Trinajstić information content (AvgIpc) is 3.39. The summed E-state index contributed by atoms with van der Waals surface area (Å²) in [6.07, 6.45) is 6.65. The van der Waals surface area contributed by atoms with Crippen LogP contribution in [0.5, 0.6) is 5.75 Å². The minimum absolute atomic E-state index is 0.180. The second kappa shape index (κ2) is 14.2. The molecule has 1 saturated heterocycles. The number of hydrogen-bond donors (Lipinski definition) is 3. The fraction of sp³-hybridized carbons (Fsp3) is 0.538. The third-order valence-corrected chi connectivity index (χ3v) is 6.33. The van der Waals surface area contributed by atoms with Crippen LogP contribution in [0.1, 0.15) is 55.1 Å². The van der Waals surface area contributed by atoms with Crippen LogP contribution in [0.4, 0.5) is 4.79 Å². The van der Waals surface area contributed by atoms with Crippen molar-refractivity contribution in [3.8, 4) is 5.75 Å². The Morgan fingerprint density at radius 1 is 1.11 bits per heavy atom. The number of ketones is 1. The number of amides is 2. The highest BCUT2D eigenvalue weighted by atomic mass is 16.5. The van der Waals surface area contributed by atoms with Gasteiger partial charge in [-0.2, -0.15) is 0 Å². The summed E-state index contributed by atoms with van der Waals surface area (Å²) in [5.41, 5.74) is 1.44. The zero-order valence-corrected chi connectivity index (χ0v) is 20.9. The number of Topliss-reactive ketones (excluding diaryl/α,β-unsaturated/α-hetero) is 1. The second-order valence-electron chi connectivity index (χ2n) is 9.06. The number of nitrogens with zero attached hydrogens (tertiary/aromatic N) is 3. The van der Waals surface area contributed by atoms with Crippen molar-refractivity contribution in [2.24, 2.45) is 0 Å². The van der Waals surface area contributed by atoms with Crippen LogP contribution >= 0.6 is 0 Å². The molecular formula is C26H37N5O5. The van der Waals surface area contributed by atoms with Gasteiger partial charge in [-0.05, 0) is 37.1 Å². The number of benzene rings is 1. The van der Waals surface area contributed by atoms with Gasteiger partial charge in [-0.1, -0.05) is 19.8 Å². The lowest BCUT2D eigenvalue weighted by Gasteiger charge is -2.36. The van der Waals surface area contributed by atoms with Crippen molar-refractivity contribution in [2.45, 2.75) is 51.5 Å². The summed E-state index contributed by atoms with van der Waals surface area (Å²) >= 11 is 0. The van der Waals surface area contributed by atoms with Crippen molar-refractivity contribution in [1.82, 2.24) is 25.1 Å². The van der Waals surface area contributed by atoms with E-state index in [1.807, 2.05) is 24.3 Å². The highest BCUT2D eigenvalue weighted by Gasteiger charge is 2.29. The van der Waals surface area contributed by atoms with Crippen molar-refractivity contribution >= 4 is 17.8 Å². The fourth-order valence-electron chi connectivity index (χ4n) is 4.27. The summed E-state index contributed by atoms with van der Waals surface area (Å²) in [4.78, 5) is 47.1. The molecule has 0 radical (unpaired) electrons. The number of imidazole rings is 1. The summed E-state index contributed by atoms with van der Waals surface area (Å²) in [6, 6.07) is 6.52. The molecule has 2 amide bonds. The topological polar surface area (TPSA) is 128 Å². The molecule has 0 aliphatic carbocycles. The predicted octanol–water partition coefficient (Wildman–Crippen LogP) is 2.96. The predicted molar refractivity (Wildman–Crippen MR) is 135 cm³/mol. The van der Waals surface area contributed by atoms with E-state index in [1.165, 1.54) is 6.33 Å². The van der Waals surface area contributed by atoms with E-state index in [-0.39, 0.29) is 18.1 Å². The van der Waals surface area contributed by atoms with E-state index in [9.17, 15) is 14.4 Å². The van der Waals surface area contributed by atoms with Crippen LogP contribution in [0.15, 0.2) is 36.8 Å². The Labute approximate surface area is 212 Å². The van der Waals surface area contributed by atoms with Crippen LogP contribution in [0.25, 0.3) is 0 Å². The number of H-pyrrole nitrogens is 1. The first-order valence-corrected chi connectivity index (χ1v) is 12.7. The number of piperazine rings is 1. The standard InChI is InChI=1S/C26H37N5O5/c1-2-3-4-6-24(32)20-7-9-22(10-8-20)36-16-5-11-30-12-14-31(15-13-30)25(33)23(29-26(34)35)17-21-18-27-19-28-21/h7-10,18-19,23,29H,2-6,11-17H2,1H3,(H,27,28)(H,34,35)/t23-/m0/s1. The molecule has 0 saturated carbocycles. The maximum atomic E-state index is 12.9. The Bertz CT molecular complexity index is 956. The van der Waals surface area contributed by atoms with Gasteiger partial charge in [0.15, 0.2) is 5.78 Å². The smallest absolute Gasteiger partial charge is 0.405 e. The van der Waals surface area contributed by atoms with Gasteiger partial charge in [0.1, 0.15) is 11.8 Å². The second-order valence-corrected chi connectivity index (χ2v) is 9.06. The van der Waals surface area contributed by atoms with Crippen LogP contribution in [-0.4, -0.2) is 88.0 Å². The highest BCUT2D eigenvalue weighted by molar-refractivity contribution is 5.96. The molecule has 1 aromatic carbocycles. The summed E-state index contributed by atoms with van der Waals surface area (Å²) in [7, 11) is 0. The van der Waals surface area contributed by atoms with Gasteiger partial charge in [0.25, 0.3) is 0 Å². The summed E-state index contributed by atoms with van der Waals surface area (Å²) in [5.74, 6) is 0.714. The SMILES string of the molecule is CCCCCC(=O)c1ccc(OCCCN2CCN(C(=O)[C@H](Cc3cnc[nH]3)NC(=O)O)CC2)cc1. The molecule has 1 aromatic heterocycles. The Hall–Kier alpha value is -3.40. The van der Waals surface area contributed by atoms with Gasteiger partial charge < -0.3 is 25.0 Å². The number of aromatic nitrogens is 2. The van der Waals surface area contributed by atoms with Gasteiger partial charge in [0, 0.05) is 63.0 Å². The normalized spacial score (nSPS) is 14.9. The number of aromatic amines is 1. The van der Waals surface area contributed by atoms with E-state index >= 15 is 0 Å². The molecule has 10 nitrogen and oxygen atoms in total. The van der Waals surface area contributed by atoms with Gasteiger partial charge >= 0.3 is 6.09 Å². The molecular weight excluding hydrogens is 462 g/mol. The summed E-state index contributed by atoms with van der Waals surface area (Å²) < 4.78 is 5.83. The van der Waals surface area contributed by atoms with E-state index in [1.54, 1.807) is 11.1 Å². The largest absolute Gasteiger partial charge is 0.494 e. The molecule has 0 unspecified atom stereocenters. The third kappa shape index (κ3) is 8.67. The van der Waals surface area contributed by atoms with Crippen LogP contribution in [0.3, 0.4) is 0 Å². The number of unbranched alkanes of at least 4 members (excludes halogenated alkanes) is 2. The number of carbonyl (C=O) groups excluding carboxylic acids is 2. The first kappa shape index (κ1) is 27.2. The van der Waals surface area contributed by atoms with Gasteiger partial charge in [0.05, 0.1) is 12.9 Å². The van der Waals surface area contributed by atoms with Crippen LogP contribution in [0, 0.1) is 0 Å². The minimum atomic E-state index is -1.22. The molecule has 0 bridgehead atoms. The lowest BCUT2D eigenvalue weighted by Crippen LogP contribution is -2.55. The van der Waals surface area contributed by atoms with Crippen molar-refractivity contribution in [3.05, 3.63) is 48.0 Å². The van der Waals surface area contributed by atoms with Crippen LogP contribution in [-0.2, 0) is 11.2 Å². The molecule has 3 rings (SSSR count). The van der Waals surface area contributed by atoms with Crippen molar-refractivity contribution < 1.29 is 24.2 Å². The maximum absolute atomic E-state index is 12.9. The summed E-state index contributed by atoms with van der Waals surface area (Å²) in [6.45, 7) is 6.09. The molecule has 0 spiro atoms. The molecule has 1 aliphatic heterocycles. The van der Waals surface area contributed by atoms with Gasteiger partial charge in [-0.3, -0.25) is 14.5 Å². The number of nitrogens with one attached hydrogen (secondary N) is 2. The van der Waals surface area contributed by atoms with Crippen molar-refractivity contribution in [3.63, 3.8) is 0 Å². The third-order valence-electron chi connectivity index (χ3n) is 6.33. The van der Waals surface area contributed by atoms with E-state index in [0.717, 1.165) is 56.6 Å². The first-order valence-electron chi connectivity index (χ1n) is 12.7. The first-order chi connectivity index (χ1) is 17.5. The molecule has 3 N–H and O–H groups in total. The van der Waals surface area contributed by atoms with Crippen molar-refractivity contribution in [1.29, 1.82) is 0 Å². The number of ether oxygens (including phenoxy) is 1. The number of hydrogen-bond acceptors (Lipinski definition) is 6. The Kier molecular flexibility index (Phi) is 10.7. The Balaban J connectivity index is 1.35. The maximum Gasteiger partial charge on any atom is 0.405 e. The lowest BCUT2D eigenvalue weighted by molar-refractivity contribution is -0.135. The summed E-state index contributed by atoms with van der Waals surface area (Å²) in [5, 5.41) is 11.5. The molecule has 2 aromatic rings. The van der Waals surface area contributed by atoms with Gasteiger partial charge in [-0.25, -0.2) is 9.78 Å². The van der Waals surface area contributed by atoms with Crippen molar-refractivity contribution in [2.75, 3.05) is 39.3 Å². The molecule has 36 heavy (non-hydrogen) atoms. The molecule has 1 atom stereocenters. The van der Waals surface area contributed by atoms with E-state index in [4.69, 9.17) is 9.84 Å². The Morgan fingerprint density at radius 2 is 1.86 bits per heavy atom. The lowest BCUT2D eigenvalue weighted by atomic mass is 10.0. The fourth-order valence-corrected chi connectivity index (χ4v) is 4.27. The highest BCUT2D eigenvalue weighted by Crippen LogP contribution is 2.15. The molecule has 1 fully saturated rings. The van der Waals surface area contributed by atoms with Gasteiger partial charge in [0.2, 0.25) is 5.91 Å². The van der Waals surface area contributed by atoms with E-state index < -0.39 is 12.1 Å². The molecule has 10 heteroatoms. The van der Waals surface area contributed by atoms with Crippen LogP contribution in [0.2, 0.25) is 0 Å². The van der Waals surface area contributed by atoms with Crippen LogP contribution < -0.4 is 10.1 Å². The van der Waals surface area contributed by atoms with Gasteiger partial charge in [-0.15, -0.1) is 0 Å². The van der Waals surface area contributed by atoms with E-state index in [2.05, 4.69) is 27.1 Å². The molecule has 2 heterocycles.